The van der Waals surface area contributed by atoms with Crippen LogP contribution in [0.5, 0.6) is 23.0 Å². The van der Waals surface area contributed by atoms with E-state index in [4.69, 9.17) is 23.7 Å². The Labute approximate surface area is 169 Å². The van der Waals surface area contributed by atoms with E-state index >= 15 is 0 Å². The molecule has 0 radical (unpaired) electrons. The summed E-state index contributed by atoms with van der Waals surface area (Å²) in [6, 6.07) is 23.8. The van der Waals surface area contributed by atoms with Gasteiger partial charge in [-0.3, -0.25) is 0 Å². The predicted octanol–water partition coefficient (Wildman–Crippen LogP) is 4.70. The predicted molar refractivity (Wildman–Crippen MR) is 109 cm³/mol. The molecule has 3 aromatic carbocycles. The van der Waals surface area contributed by atoms with Crippen LogP contribution in [0.25, 0.3) is 11.1 Å². The fourth-order valence-corrected chi connectivity index (χ4v) is 2.93. The van der Waals surface area contributed by atoms with Gasteiger partial charge in [-0.15, -0.1) is 0 Å². The summed E-state index contributed by atoms with van der Waals surface area (Å²) in [5.74, 6) is 3.17. The summed E-state index contributed by atoms with van der Waals surface area (Å²) in [7, 11) is 0. The number of hydrogen-bond donors (Lipinski definition) is 0. The van der Waals surface area contributed by atoms with Crippen LogP contribution < -0.4 is 14.2 Å². The molecule has 2 heterocycles. The number of ether oxygens (including phenoxy) is 5. The van der Waals surface area contributed by atoms with E-state index in [1.807, 2.05) is 60.7 Å². The van der Waals surface area contributed by atoms with Gasteiger partial charge in [0.1, 0.15) is 48.4 Å². The van der Waals surface area contributed by atoms with Gasteiger partial charge in [0.25, 0.3) is 0 Å². The molecule has 5 heteroatoms. The lowest BCUT2D eigenvalue weighted by molar-refractivity contribution is 0.262. The summed E-state index contributed by atoms with van der Waals surface area (Å²) in [6.07, 6.45) is 0.502. The van der Waals surface area contributed by atoms with Crippen LogP contribution in [0.1, 0.15) is 0 Å². The minimum absolute atomic E-state index is 0.236. The highest BCUT2D eigenvalue weighted by atomic mass is 16.6. The molecule has 2 fully saturated rings. The zero-order valence-electron chi connectivity index (χ0n) is 16.0. The third-order valence-electron chi connectivity index (χ3n) is 4.76. The van der Waals surface area contributed by atoms with Crippen LogP contribution in [0.4, 0.5) is 0 Å². The van der Waals surface area contributed by atoms with Crippen LogP contribution in [0, 0.1) is 0 Å². The normalized spacial score (nSPS) is 19.4. The van der Waals surface area contributed by atoms with E-state index in [0.29, 0.717) is 13.2 Å². The van der Waals surface area contributed by atoms with E-state index < -0.39 is 0 Å². The van der Waals surface area contributed by atoms with Gasteiger partial charge in [0.15, 0.2) is 0 Å². The Balaban J connectivity index is 1.20. The number of epoxide rings is 2. The summed E-state index contributed by atoms with van der Waals surface area (Å²) in [5.41, 5.74) is 2.25. The molecular formula is C24H22O5. The summed E-state index contributed by atoms with van der Waals surface area (Å²) in [5, 5.41) is 0. The van der Waals surface area contributed by atoms with Gasteiger partial charge in [-0.25, -0.2) is 0 Å². The van der Waals surface area contributed by atoms with Crippen molar-refractivity contribution in [3.05, 3.63) is 72.8 Å². The van der Waals surface area contributed by atoms with Crippen molar-refractivity contribution in [2.45, 2.75) is 12.2 Å². The highest BCUT2D eigenvalue weighted by Crippen LogP contribution is 2.29. The van der Waals surface area contributed by atoms with E-state index in [-0.39, 0.29) is 12.2 Å². The van der Waals surface area contributed by atoms with Gasteiger partial charge in [0.2, 0.25) is 0 Å². The van der Waals surface area contributed by atoms with Gasteiger partial charge in [-0.2, -0.15) is 0 Å². The lowest BCUT2D eigenvalue weighted by atomic mass is 10.1. The third-order valence-corrected chi connectivity index (χ3v) is 4.76. The summed E-state index contributed by atoms with van der Waals surface area (Å²) in [4.78, 5) is 0. The Bertz CT molecular complexity index is 944. The molecular weight excluding hydrogens is 368 g/mol. The molecule has 0 aromatic heterocycles. The van der Waals surface area contributed by atoms with Crippen LogP contribution >= 0.6 is 0 Å². The third kappa shape index (κ3) is 5.08. The summed E-state index contributed by atoms with van der Waals surface area (Å²) in [6.45, 7) is 2.79. The van der Waals surface area contributed by atoms with E-state index in [0.717, 1.165) is 47.3 Å². The van der Waals surface area contributed by atoms with Crippen LogP contribution in [-0.2, 0) is 9.47 Å². The topological polar surface area (TPSA) is 52.8 Å². The van der Waals surface area contributed by atoms with Crippen LogP contribution in [-0.4, -0.2) is 38.6 Å². The van der Waals surface area contributed by atoms with E-state index in [9.17, 15) is 0 Å². The average Bonchev–Trinajstić information content (AvgIpc) is 3.67. The van der Waals surface area contributed by atoms with E-state index in [1.165, 1.54) is 0 Å². The van der Waals surface area contributed by atoms with Crippen molar-refractivity contribution in [2.24, 2.45) is 0 Å². The first kappa shape index (κ1) is 18.0. The Morgan fingerprint density at radius 2 is 1.14 bits per heavy atom. The molecule has 29 heavy (non-hydrogen) atoms. The van der Waals surface area contributed by atoms with Gasteiger partial charge in [0, 0.05) is 6.07 Å². The Kier molecular flexibility index (Phi) is 5.07. The first-order valence-electron chi connectivity index (χ1n) is 9.79. The van der Waals surface area contributed by atoms with Crippen LogP contribution in [0.3, 0.4) is 0 Å². The van der Waals surface area contributed by atoms with Crippen molar-refractivity contribution in [2.75, 3.05) is 26.4 Å². The van der Waals surface area contributed by atoms with Crippen molar-refractivity contribution < 1.29 is 23.7 Å². The fraction of sp³-hybridized carbons (Fsp3) is 0.250. The molecule has 0 N–H and O–H groups in total. The van der Waals surface area contributed by atoms with Gasteiger partial charge >= 0.3 is 0 Å². The second kappa shape index (κ2) is 8.15. The fourth-order valence-electron chi connectivity index (χ4n) is 2.93. The maximum atomic E-state index is 5.97. The molecule has 148 valence electrons. The first-order valence-corrected chi connectivity index (χ1v) is 9.79. The molecule has 5 nitrogen and oxygen atoms in total. The van der Waals surface area contributed by atoms with E-state index in [2.05, 4.69) is 12.1 Å². The Morgan fingerprint density at radius 1 is 0.621 bits per heavy atom. The quantitative estimate of drug-likeness (QED) is 0.496. The van der Waals surface area contributed by atoms with Crippen molar-refractivity contribution in [3.63, 3.8) is 0 Å². The monoisotopic (exact) mass is 390 g/mol. The molecule has 3 aromatic rings. The molecule has 5 rings (SSSR count). The van der Waals surface area contributed by atoms with Gasteiger partial charge in [0.05, 0.1) is 13.2 Å². The minimum atomic E-state index is 0.236. The van der Waals surface area contributed by atoms with Crippen LogP contribution in [0.15, 0.2) is 72.8 Å². The van der Waals surface area contributed by atoms with Crippen molar-refractivity contribution in [3.8, 4) is 34.1 Å². The molecule has 2 aliphatic rings. The second-order valence-corrected chi connectivity index (χ2v) is 7.16. The minimum Gasteiger partial charge on any atom is -0.491 e. The number of rotatable bonds is 9. The van der Waals surface area contributed by atoms with Crippen LogP contribution in [0.2, 0.25) is 0 Å². The molecule has 2 aliphatic heterocycles. The SMILES string of the molecule is c1cc(OCC2CO2)cc(Oc2ccc(-c3ccc(OCC4CO4)cc3)cc2)c1. The zero-order valence-corrected chi connectivity index (χ0v) is 16.0. The Hall–Kier alpha value is -3.02. The highest BCUT2D eigenvalue weighted by molar-refractivity contribution is 5.65. The maximum Gasteiger partial charge on any atom is 0.131 e. The number of benzene rings is 3. The van der Waals surface area contributed by atoms with Crippen molar-refractivity contribution >= 4 is 0 Å². The molecule has 0 aliphatic carbocycles. The summed E-state index contributed by atoms with van der Waals surface area (Å²) < 4.78 is 27.7. The average molecular weight is 390 g/mol. The molecule has 0 bridgehead atoms. The zero-order chi connectivity index (χ0) is 19.5. The van der Waals surface area contributed by atoms with Gasteiger partial charge in [-0.05, 0) is 47.5 Å². The molecule has 0 saturated carbocycles. The molecule has 0 spiro atoms. The number of hydrogen-bond acceptors (Lipinski definition) is 5. The molecule has 0 amide bonds. The Morgan fingerprint density at radius 3 is 1.72 bits per heavy atom. The molecule has 2 saturated heterocycles. The smallest absolute Gasteiger partial charge is 0.131 e. The maximum absolute atomic E-state index is 5.97. The first-order chi connectivity index (χ1) is 14.3. The second-order valence-electron chi connectivity index (χ2n) is 7.16. The molecule has 2 atom stereocenters. The lowest BCUT2D eigenvalue weighted by Gasteiger charge is -2.10. The van der Waals surface area contributed by atoms with Gasteiger partial charge < -0.3 is 23.7 Å². The highest BCUT2D eigenvalue weighted by Gasteiger charge is 2.23. The largest absolute Gasteiger partial charge is 0.491 e. The van der Waals surface area contributed by atoms with E-state index in [1.54, 1.807) is 0 Å². The lowest BCUT2D eigenvalue weighted by Crippen LogP contribution is -2.03. The van der Waals surface area contributed by atoms with Gasteiger partial charge in [-0.1, -0.05) is 30.3 Å². The van der Waals surface area contributed by atoms with Crippen molar-refractivity contribution in [1.29, 1.82) is 0 Å². The standard InChI is InChI=1S/C24H22O5/c1-2-21(26-14-24-16-28-24)12-22(3-1)29-20-10-6-18(7-11-20)17-4-8-19(9-5-17)25-13-23-15-27-23/h1-12,23-24H,13-16H2. The van der Waals surface area contributed by atoms with Crippen molar-refractivity contribution in [1.82, 2.24) is 0 Å². The summed E-state index contributed by atoms with van der Waals surface area (Å²) >= 11 is 0. The molecule has 2 unspecified atom stereocenters.